The molecule has 3 N–H and O–H groups in total. The van der Waals surface area contributed by atoms with Gasteiger partial charge in [0.25, 0.3) is 0 Å². The summed E-state index contributed by atoms with van der Waals surface area (Å²) in [4.78, 5) is 15.4. The summed E-state index contributed by atoms with van der Waals surface area (Å²) in [6.07, 6.45) is 5.53. The SMILES string of the molecule is OC(CCCCSc1nc(-c2ccccc2)c(-c2ccccc2)[nH]1)c1ncc[nH]1. The Morgan fingerprint density at radius 2 is 1.66 bits per heavy atom. The third kappa shape index (κ3) is 4.96. The first-order valence-corrected chi connectivity index (χ1v) is 10.8. The second-order valence-electron chi connectivity index (χ2n) is 6.83. The van der Waals surface area contributed by atoms with E-state index in [4.69, 9.17) is 4.98 Å². The van der Waals surface area contributed by atoms with Crippen LogP contribution in [-0.2, 0) is 0 Å². The van der Waals surface area contributed by atoms with E-state index in [9.17, 15) is 5.11 Å². The van der Waals surface area contributed by atoms with E-state index < -0.39 is 6.10 Å². The number of thioether (sulfide) groups is 1. The Kier molecular flexibility index (Phi) is 6.44. The van der Waals surface area contributed by atoms with Gasteiger partial charge in [0.05, 0.1) is 11.4 Å². The van der Waals surface area contributed by atoms with Crippen molar-refractivity contribution in [1.82, 2.24) is 19.9 Å². The van der Waals surface area contributed by atoms with Crippen molar-refractivity contribution in [2.75, 3.05) is 5.75 Å². The fraction of sp³-hybridized carbons (Fsp3) is 0.217. The molecular weight excluding hydrogens is 380 g/mol. The van der Waals surface area contributed by atoms with Gasteiger partial charge < -0.3 is 15.1 Å². The predicted octanol–water partition coefficient (Wildman–Crippen LogP) is 5.46. The first-order chi connectivity index (χ1) is 14.3. The van der Waals surface area contributed by atoms with Crippen molar-refractivity contribution in [2.45, 2.75) is 30.5 Å². The van der Waals surface area contributed by atoms with Crippen LogP contribution in [0.25, 0.3) is 22.5 Å². The monoisotopic (exact) mass is 404 g/mol. The smallest absolute Gasteiger partial charge is 0.166 e. The minimum absolute atomic E-state index is 0.520. The highest BCUT2D eigenvalue weighted by Crippen LogP contribution is 2.32. The number of nitrogens with zero attached hydrogens (tertiary/aromatic N) is 2. The summed E-state index contributed by atoms with van der Waals surface area (Å²) >= 11 is 1.72. The quantitative estimate of drug-likeness (QED) is 0.256. The van der Waals surface area contributed by atoms with Crippen molar-refractivity contribution in [3.63, 3.8) is 0 Å². The maximum Gasteiger partial charge on any atom is 0.166 e. The van der Waals surface area contributed by atoms with E-state index in [-0.39, 0.29) is 0 Å². The van der Waals surface area contributed by atoms with Crippen molar-refractivity contribution < 1.29 is 5.11 Å². The number of hydrogen-bond acceptors (Lipinski definition) is 4. The zero-order valence-electron chi connectivity index (χ0n) is 16.1. The summed E-state index contributed by atoms with van der Waals surface area (Å²) in [5, 5.41) is 11.0. The Balaban J connectivity index is 1.40. The molecule has 2 aromatic carbocycles. The molecule has 4 aromatic rings. The molecule has 4 rings (SSSR count). The van der Waals surface area contributed by atoms with Gasteiger partial charge in [0, 0.05) is 29.3 Å². The highest BCUT2D eigenvalue weighted by molar-refractivity contribution is 7.99. The molecule has 0 aliphatic heterocycles. The van der Waals surface area contributed by atoms with Crippen LogP contribution in [0.15, 0.2) is 78.2 Å². The molecule has 0 saturated carbocycles. The number of hydrogen-bond donors (Lipinski definition) is 3. The zero-order chi connectivity index (χ0) is 19.9. The lowest BCUT2D eigenvalue weighted by atomic mass is 10.1. The van der Waals surface area contributed by atoms with E-state index in [1.807, 2.05) is 36.4 Å². The second kappa shape index (κ2) is 9.58. The molecule has 0 aliphatic rings. The first kappa shape index (κ1) is 19.5. The molecule has 1 unspecified atom stereocenters. The number of aromatic amines is 2. The molecular formula is C23H24N4OS. The van der Waals surface area contributed by atoms with Crippen molar-refractivity contribution in [1.29, 1.82) is 0 Å². The normalized spacial score (nSPS) is 12.2. The van der Waals surface area contributed by atoms with E-state index in [1.54, 1.807) is 24.2 Å². The molecule has 2 heterocycles. The molecule has 0 saturated heterocycles. The summed E-state index contributed by atoms with van der Waals surface area (Å²) in [5.74, 6) is 1.59. The number of imidazole rings is 2. The Morgan fingerprint density at radius 3 is 2.34 bits per heavy atom. The number of aliphatic hydroxyl groups is 1. The van der Waals surface area contributed by atoms with Gasteiger partial charge in [-0.3, -0.25) is 0 Å². The number of benzene rings is 2. The summed E-state index contributed by atoms with van der Waals surface area (Å²) < 4.78 is 0. The average molecular weight is 405 g/mol. The van der Waals surface area contributed by atoms with Crippen LogP contribution >= 0.6 is 11.8 Å². The molecule has 0 radical (unpaired) electrons. The van der Waals surface area contributed by atoms with Gasteiger partial charge in [-0.15, -0.1) is 0 Å². The Labute approximate surface area is 174 Å². The largest absolute Gasteiger partial charge is 0.385 e. The van der Waals surface area contributed by atoms with E-state index in [2.05, 4.69) is 39.2 Å². The molecule has 0 bridgehead atoms. The van der Waals surface area contributed by atoms with Crippen LogP contribution in [0.1, 0.15) is 31.2 Å². The highest BCUT2D eigenvalue weighted by Gasteiger charge is 2.14. The van der Waals surface area contributed by atoms with Crippen LogP contribution in [0.2, 0.25) is 0 Å². The number of nitrogens with one attached hydrogen (secondary N) is 2. The van der Waals surface area contributed by atoms with Crippen molar-refractivity contribution in [2.24, 2.45) is 0 Å². The lowest BCUT2D eigenvalue weighted by Gasteiger charge is -2.06. The summed E-state index contributed by atoms with van der Waals surface area (Å²) in [6, 6.07) is 20.6. The van der Waals surface area contributed by atoms with Gasteiger partial charge in [0.1, 0.15) is 11.9 Å². The fourth-order valence-electron chi connectivity index (χ4n) is 3.24. The van der Waals surface area contributed by atoms with Gasteiger partial charge in [0.15, 0.2) is 5.16 Å². The third-order valence-electron chi connectivity index (χ3n) is 4.74. The second-order valence-corrected chi connectivity index (χ2v) is 7.92. The summed E-state index contributed by atoms with van der Waals surface area (Å²) in [6.45, 7) is 0. The van der Waals surface area contributed by atoms with Gasteiger partial charge in [-0.2, -0.15) is 0 Å². The van der Waals surface area contributed by atoms with Crippen LogP contribution in [0.4, 0.5) is 0 Å². The van der Waals surface area contributed by atoms with Crippen LogP contribution < -0.4 is 0 Å². The van der Waals surface area contributed by atoms with Gasteiger partial charge in [-0.05, 0) is 19.3 Å². The molecule has 0 fully saturated rings. The van der Waals surface area contributed by atoms with E-state index in [0.717, 1.165) is 46.3 Å². The molecule has 0 aliphatic carbocycles. The fourth-order valence-corrected chi connectivity index (χ4v) is 4.12. The van der Waals surface area contributed by atoms with E-state index in [0.29, 0.717) is 12.2 Å². The molecule has 0 amide bonds. The van der Waals surface area contributed by atoms with Gasteiger partial charge in [-0.25, -0.2) is 9.97 Å². The van der Waals surface area contributed by atoms with Gasteiger partial charge in [-0.1, -0.05) is 72.4 Å². The molecule has 5 nitrogen and oxygen atoms in total. The molecule has 0 spiro atoms. The highest BCUT2D eigenvalue weighted by atomic mass is 32.2. The minimum atomic E-state index is -0.520. The predicted molar refractivity (Wildman–Crippen MR) is 118 cm³/mol. The Morgan fingerprint density at radius 1 is 0.931 bits per heavy atom. The first-order valence-electron chi connectivity index (χ1n) is 9.82. The number of aromatic nitrogens is 4. The molecule has 2 aromatic heterocycles. The Hall–Kier alpha value is -2.83. The van der Waals surface area contributed by atoms with Gasteiger partial charge >= 0.3 is 0 Å². The molecule has 29 heavy (non-hydrogen) atoms. The van der Waals surface area contributed by atoms with Crippen LogP contribution in [-0.4, -0.2) is 30.8 Å². The van der Waals surface area contributed by atoms with Crippen molar-refractivity contribution in [3.8, 4) is 22.5 Å². The van der Waals surface area contributed by atoms with Crippen molar-refractivity contribution >= 4 is 11.8 Å². The van der Waals surface area contributed by atoms with Crippen molar-refractivity contribution in [3.05, 3.63) is 78.9 Å². The summed E-state index contributed by atoms with van der Waals surface area (Å²) in [7, 11) is 0. The lowest BCUT2D eigenvalue weighted by molar-refractivity contribution is 0.155. The number of aliphatic hydroxyl groups excluding tert-OH is 1. The van der Waals surface area contributed by atoms with Crippen LogP contribution in [0, 0.1) is 0 Å². The maximum absolute atomic E-state index is 10.1. The molecule has 148 valence electrons. The standard InChI is InChI=1S/C23H24N4OS/c28-19(22-24-14-15-25-22)13-7-8-16-29-23-26-20(17-9-3-1-4-10-17)21(27-23)18-11-5-2-6-12-18/h1-6,9-12,14-15,19,28H,7-8,13,16H2,(H,24,25)(H,26,27). The number of rotatable bonds is 9. The average Bonchev–Trinajstić information content (AvgIpc) is 3.45. The van der Waals surface area contributed by atoms with Crippen LogP contribution in [0.3, 0.4) is 0 Å². The van der Waals surface area contributed by atoms with E-state index >= 15 is 0 Å². The lowest BCUT2D eigenvalue weighted by Crippen LogP contribution is -1.99. The Bertz CT molecular complexity index is 943. The topological polar surface area (TPSA) is 77.6 Å². The minimum Gasteiger partial charge on any atom is -0.385 e. The number of unbranched alkanes of at least 4 members (excludes halogenated alkanes) is 1. The number of H-pyrrole nitrogens is 2. The third-order valence-corrected chi connectivity index (χ3v) is 5.70. The van der Waals surface area contributed by atoms with Crippen LogP contribution in [0.5, 0.6) is 0 Å². The zero-order valence-corrected chi connectivity index (χ0v) is 16.9. The molecule has 6 heteroatoms. The van der Waals surface area contributed by atoms with E-state index in [1.165, 1.54) is 0 Å². The maximum atomic E-state index is 10.1. The summed E-state index contributed by atoms with van der Waals surface area (Å²) in [5.41, 5.74) is 4.27. The molecule has 1 atom stereocenters. The van der Waals surface area contributed by atoms with Gasteiger partial charge in [0.2, 0.25) is 0 Å².